The number of nitrogens with two attached hydrogens (primary N) is 1. The fourth-order valence-electron chi connectivity index (χ4n) is 2.53. The van der Waals surface area contributed by atoms with E-state index in [1.165, 1.54) is 0 Å². The van der Waals surface area contributed by atoms with Crippen molar-refractivity contribution in [1.29, 1.82) is 0 Å². The van der Waals surface area contributed by atoms with Crippen LogP contribution in [-0.2, 0) is 16.3 Å². The van der Waals surface area contributed by atoms with E-state index in [9.17, 15) is 8.42 Å². The molecule has 4 nitrogen and oxygen atoms in total. The van der Waals surface area contributed by atoms with Gasteiger partial charge in [0, 0.05) is 0 Å². The summed E-state index contributed by atoms with van der Waals surface area (Å²) in [5.41, 5.74) is 8.15. The summed E-state index contributed by atoms with van der Waals surface area (Å²) in [5.74, 6) is 0.720. The maximum Gasteiger partial charge on any atom is 0.206 e. The summed E-state index contributed by atoms with van der Waals surface area (Å²) in [5, 5.41) is 0. The van der Waals surface area contributed by atoms with Crippen LogP contribution in [-0.4, -0.2) is 22.1 Å². The van der Waals surface area contributed by atoms with Gasteiger partial charge < -0.3 is 10.5 Å². The van der Waals surface area contributed by atoms with E-state index in [4.69, 9.17) is 10.5 Å². The van der Waals surface area contributed by atoms with Crippen molar-refractivity contribution >= 4 is 9.84 Å². The van der Waals surface area contributed by atoms with Gasteiger partial charge in [0.25, 0.3) is 0 Å². The van der Waals surface area contributed by atoms with Crippen LogP contribution < -0.4 is 10.5 Å². The zero-order valence-corrected chi connectivity index (χ0v) is 13.9. The molecule has 0 aliphatic carbocycles. The molecule has 0 spiro atoms. The number of methoxy groups -OCH3 is 1. The smallest absolute Gasteiger partial charge is 0.206 e. The van der Waals surface area contributed by atoms with Gasteiger partial charge in [-0.3, -0.25) is 0 Å². The average Bonchev–Trinajstić information content (AvgIpc) is 2.48. The Balaban J connectivity index is 2.46. The fraction of sp³-hybridized carbons (Fsp3) is 0.294. The van der Waals surface area contributed by atoms with Gasteiger partial charge in [-0.15, -0.1) is 0 Å². The lowest BCUT2D eigenvalue weighted by Gasteiger charge is -2.12. The minimum atomic E-state index is -3.53. The lowest BCUT2D eigenvalue weighted by molar-refractivity contribution is 0.408. The minimum Gasteiger partial charge on any atom is -0.496 e. The van der Waals surface area contributed by atoms with E-state index >= 15 is 0 Å². The van der Waals surface area contributed by atoms with Crippen LogP contribution in [0.15, 0.2) is 46.2 Å². The van der Waals surface area contributed by atoms with Gasteiger partial charge in [0.2, 0.25) is 9.84 Å². The third-order valence-electron chi connectivity index (χ3n) is 3.61. The molecule has 0 bridgehead atoms. The largest absolute Gasteiger partial charge is 0.496 e. The molecule has 0 radical (unpaired) electrons. The number of aryl methyl sites for hydroxylation is 2. The number of ether oxygens (including phenoxy) is 1. The standard InChI is InChI=1S/C17H21NO3S/c1-12-10-16(11-13(2)17(12)21-3)22(19,20)15-6-4-14(5-7-15)8-9-18/h4-7,10-11H,8-9,18H2,1-3H3. The molecular weight excluding hydrogens is 298 g/mol. The van der Waals surface area contributed by atoms with E-state index in [1.54, 1.807) is 31.4 Å². The zero-order chi connectivity index (χ0) is 16.3. The molecule has 0 aliphatic rings. The van der Waals surface area contributed by atoms with E-state index in [2.05, 4.69) is 0 Å². The monoisotopic (exact) mass is 319 g/mol. The van der Waals surface area contributed by atoms with Gasteiger partial charge >= 0.3 is 0 Å². The van der Waals surface area contributed by atoms with Crippen molar-refractivity contribution in [3.05, 3.63) is 53.1 Å². The Kier molecular flexibility index (Phi) is 4.88. The third-order valence-corrected chi connectivity index (χ3v) is 5.36. The van der Waals surface area contributed by atoms with Crippen LogP contribution in [0.3, 0.4) is 0 Å². The van der Waals surface area contributed by atoms with Gasteiger partial charge in [-0.25, -0.2) is 8.42 Å². The van der Waals surface area contributed by atoms with Crippen LogP contribution in [0, 0.1) is 13.8 Å². The number of hydrogen-bond acceptors (Lipinski definition) is 4. The fourth-order valence-corrected chi connectivity index (χ4v) is 3.96. The molecule has 2 aromatic rings. The molecule has 22 heavy (non-hydrogen) atoms. The zero-order valence-electron chi connectivity index (χ0n) is 13.1. The Bertz CT molecular complexity index is 742. The van der Waals surface area contributed by atoms with Gasteiger partial charge in [-0.05, 0) is 67.8 Å². The molecule has 2 aromatic carbocycles. The summed E-state index contributed by atoms with van der Waals surface area (Å²) < 4.78 is 30.8. The molecule has 0 saturated carbocycles. The molecule has 0 atom stereocenters. The van der Waals surface area contributed by atoms with E-state index in [0.717, 1.165) is 28.9 Å². The summed E-state index contributed by atoms with van der Waals surface area (Å²) in [7, 11) is -1.94. The van der Waals surface area contributed by atoms with Crippen LogP contribution in [0.25, 0.3) is 0 Å². The Morgan fingerprint density at radius 3 is 2.00 bits per heavy atom. The second kappa shape index (κ2) is 6.50. The lowest BCUT2D eigenvalue weighted by atomic mass is 10.1. The Labute approximate surface area is 131 Å². The van der Waals surface area contributed by atoms with Crippen molar-refractivity contribution in [2.24, 2.45) is 5.73 Å². The molecule has 0 fully saturated rings. The molecule has 0 heterocycles. The summed E-state index contributed by atoms with van der Waals surface area (Å²) in [6.07, 6.45) is 0.737. The first kappa shape index (κ1) is 16.5. The van der Waals surface area contributed by atoms with Gasteiger partial charge in [0.15, 0.2) is 0 Å². The lowest BCUT2D eigenvalue weighted by Crippen LogP contribution is -2.05. The van der Waals surface area contributed by atoms with Crippen LogP contribution in [0.5, 0.6) is 5.75 Å². The van der Waals surface area contributed by atoms with Crippen molar-refractivity contribution in [2.45, 2.75) is 30.1 Å². The Morgan fingerprint density at radius 2 is 1.55 bits per heavy atom. The van der Waals surface area contributed by atoms with Gasteiger partial charge in [-0.2, -0.15) is 0 Å². The molecule has 0 aromatic heterocycles. The van der Waals surface area contributed by atoms with Crippen LogP contribution in [0.4, 0.5) is 0 Å². The molecule has 0 unspecified atom stereocenters. The highest BCUT2D eigenvalue weighted by atomic mass is 32.2. The van der Waals surface area contributed by atoms with E-state index in [-0.39, 0.29) is 9.79 Å². The highest BCUT2D eigenvalue weighted by Gasteiger charge is 2.20. The van der Waals surface area contributed by atoms with Crippen molar-refractivity contribution in [3.63, 3.8) is 0 Å². The van der Waals surface area contributed by atoms with Gasteiger partial charge in [0.05, 0.1) is 16.9 Å². The SMILES string of the molecule is COc1c(C)cc(S(=O)(=O)c2ccc(CCN)cc2)cc1C. The maximum absolute atomic E-state index is 12.7. The van der Waals surface area contributed by atoms with Crippen LogP contribution >= 0.6 is 0 Å². The van der Waals surface area contributed by atoms with E-state index < -0.39 is 9.84 Å². The normalized spacial score (nSPS) is 11.5. The molecule has 5 heteroatoms. The summed E-state index contributed by atoms with van der Waals surface area (Å²) in [6, 6.07) is 10.2. The molecule has 2 rings (SSSR count). The first-order valence-corrected chi connectivity index (χ1v) is 8.57. The minimum absolute atomic E-state index is 0.287. The average molecular weight is 319 g/mol. The maximum atomic E-state index is 12.7. The molecule has 0 aliphatic heterocycles. The molecule has 118 valence electrons. The Morgan fingerprint density at radius 1 is 1.00 bits per heavy atom. The number of sulfone groups is 1. The molecular formula is C17H21NO3S. The Hall–Kier alpha value is -1.85. The summed E-state index contributed by atoms with van der Waals surface area (Å²) in [4.78, 5) is 0.576. The predicted molar refractivity (Wildman–Crippen MR) is 87.1 cm³/mol. The third kappa shape index (κ3) is 3.15. The first-order valence-electron chi connectivity index (χ1n) is 7.09. The van der Waals surface area contributed by atoms with Crippen molar-refractivity contribution in [3.8, 4) is 5.75 Å². The van der Waals surface area contributed by atoms with Gasteiger partial charge in [0.1, 0.15) is 5.75 Å². The number of benzene rings is 2. The topological polar surface area (TPSA) is 69.4 Å². The van der Waals surface area contributed by atoms with Crippen molar-refractivity contribution < 1.29 is 13.2 Å². The molecule has 0 amide bonds. The quantitative estimate of drug-likeness (QED) is 0.920. The molecule has 2 N–H and O–H groups in total. The van der Waals surface area contributed by atoms with Crippen molar-refractivity contribution in [1.82, 2.24) is 0 Å². The summed E-state index contributed by atoms with van der Waals surface area (Å²) in [6.45, 7) is 4.23. The van der Waals surface area contributed by atoms with E-state index in [1.807, 2.05) is 26.0 Å². The number of rotatable bonds is 5. The van der Waals surface area contributed by atoms with Crippen molar-refractivity contribution in [2.75, 3.05) is 13.7 Å². The summed E-state index contributed by atoms with van der Waals surface area (Å²) >= 11 is 0. The highest BCUT2D eigenvalue weighted by molar-refractivity contribution is 7.91. The van der Waals surface area contributed by atoms with Crippen LogP contribution in [0.2, 0.25) is 0 Å². The van der Waals surface area contributed by atoms with E-state index in [0.29, 0.717) is 6.54 Å². The second-order valence-corrected chi connectivity index (χ2v) is 7.23. The predicted octanol–water partition coefficient (Wildman–Crippen LogP) is 2.65. The second-order valence-electron chi connectivity index (χ2n) is 5.28. The highest BCUT2D eigenvalue weighted by Crippen LogP contribution is 2.29. The first-order chi connectivity index (χ1) is 10.4. The van der Waals surface area contributed by atoms with Gasteiger partial charge in [-0.1, -0.05) is 12.1 Å². The number of hydrogen-bond donors (Lipinski definition) is 1. The molecule has 0 saturated heterocycles. The van der Waals surface area contributed by atoms with Crippen LogP contribution in [0.1, 0.15) is 16.7 Å².